The molecule has 2 aromatic carbocycles. The van der Waals surface area contributed by atoms with Crippen molar-refractivity contribution in [3.05, 3.63) is 82.3 Å². The van der Waals surface area contributed by atoms with Crippen LogP contribution in [0.3, 0.4) is 0 Å². The molecule has 0 spiro atoms. The van der Waals surface area contributed by atoms with Gasteiger partial charge in [-0.15, -0.1) is 0 Å². The van der Waals surface area contributed by atoms with Crippen molar-refractivity contribution in [1.82, 2.24) is 0 Å². The highest BCUT2D eigenvalue weighted by Gasteiger charge is 2.35. The third kappa shape index (κ3) is 2.72. The standard InChI is InChI=1S/C16H13NO4/c1-16(2,11-6-5-7-12(10-11)17(20)21)14-9-4-3-8-13(14)15(18)19/h3-10H,1H2,2H3/p+1. The number of rotatable bonds is 4. The Morgan fingerprint density at radius 3 is 2.52 bits per heavy atom. The van der Waals surface area contributed by atoms with Gasteiger partial charge >= 0.3 is 5.97 Å². The number of carboxylic acid groups (broad SMARTS) is 1. The number of non-ortho nitro benzene ring substituents is 1. The summed E-state index contributed by atoms with van der Waals surface area (Å²) in [6.45, 7) is 5.81. The molecule has 1 atom stereocenters. The monoisotopic (exact) mass is 284 g/mol. The predicted molar refractivity (Wildman–Crippen MR) is 78.3 cm³/mol. The predicted octanol–water partition coefficient (Wildman–Crippen LogP) is 3.43. The quantitative estimate of drug-likeness (QED) is 0.530. The molecule has 0 aliphatic carbocycles. The number of nitro groups is 1. The number of benzene rings is 2. The molecule has 1 N–H and O–H groups in total. The molecule has 5 nitrogen and oxygen atoms in total. The molecule has 0 saturated carbocycles. The van der Waals surface area contributed by atoms with Crippen molar-refractivity contribution < 1.29 is 14.8 Å². The Kier molecular flexibility index (Phi) is 3.67. The van der Waals surface area contributed by atoms with Gasteiger partial charge in [0.15, 0.2) is 5.41 Å². The Morgan fingerprint density at radius 1 is 1.24 bits per heavy atom. The molecule has 0 radical (unpaired) electrons. The molecule has 0 fully saturated rings. The van der Waals surface area contributed by atoms with Crippen LogP contribution >= 0.6 is 0 Å². The normalized spacial score (nSPS) is 13.4. The first-order valence-corrected chi connectivity index (χ1v) is 6.27. The number of nitro benzene ring substituents is 1. The Hall–Kier alpha value is -2.82. The van der Waals surface area contributed by atoms with E-state index < -0.39 is 16.3 Å². The van der Waals surface area contributed by atoms with E-state index in [2.05, 4.69) is 6.92 Å². The van der Waals surface area contributed by atoms with Crippen LogP contribution in [-0.2, 0) is 5.41 Å². The maximum Gasteiger partial charge on any atom is 0.336 e. The minimum Gasteiger partial charge on any atom is -0.478 e. The van der Waals surface area contributed by atoms with E-state index in [1.807, 2.05) is 0 Å². The van der Waals surface area contributed by atoms with Crippen LogP contribution in [0.5, 0.6) is 0 Å². The van der Waals surface area contributed by atoms with Crippen molar-refractivity contribution in [2.75, 3.05) is 0 Å². The molecule has 0 aliphatic rings. The lowest BCUT2D eigenvalue weighted by Gasteiger charge is -2.20. The van der Waals surface area contributed by atoms with Gasteiger partial charge in [0, 0.05) is 23.3 Å². The van der Waals surface area contributed by atoms with Crippen molar-refractivity contribution in [3.8, 4) is 0 Å². The highest BCUT2D eigenvalue weighted by Crippen LogP contribution is 2.34. The minimum absolute atomic E-state index is 0.0461. The van der Waals surface area contributed by atoms with Crippen LogP contribution in [0.1, 0.15) is 28.4 Å². The fourth-order valence-electron chi connectivity index (χ4n) is 2.27. The van der Waals surface area contributed by atoms with Gasteiger partial charge in [0.2, 0.25) is 0 Å². The molecule has 0 aromatic heterocycles. The van der Waals surface area contributed by atoms with E-state index in [-0.39, 0.29) is 11.3 Å². The maximum absolute atomic E-state index is 11.3. The summed E-state index contributed by atoms with van der Waals surface area (Å²) < 4.78 is 0. The summed E-state index contributed by atoms with van der Waals surface area (Å²) in [6, 6.07) is 12.6. The topological polar surface area (TPSA) is 80.4 Å². The zero-order chi connectivity index (χ0) is 15.6. The second-order valence-electron chi connectivity index (χ2n) is 4.99. The van der Waals surface area contributed by atoms with E-state index in [4.69, 9.17) is 0 Å². The molecule has 106 valence electrons. The minimum atomic E-state index is -1.05. The molecule has 0 bridgehead atoms. The van der Waals surface area contributed by atoms with Crippen molar-refractivity contribution >= 4 is 11.7 Å². The summed E-state index contributed by atoms with van der Waals surface area (Å²) >= 11 is 0. The van der Waals surface area contributed by atoms with Crippen LogP contribution in [0.15, 0.2) is 48.5 Å². The zero-order valence-electron chi connectivity index (χ0n) is 11.4. The van der Waals surface area contributed by atoms with Gasteiger partial charge in [-0.2, -0.15) is 0 Å². The number of carbonyl (C=O) groups is 1. The van der Waals surface area contributed by atoms with E-state index in [9.17, 15) is 20.0 Å². The molecule has 5 heteroatoms. The maximum atomic E-state index is 11.3. The average Bonchev–Trinajstić information content (AvgIpc) is 2.47. The molecule has 0 amide bonds. The lowest BCUT2D eigenvalue weighted by atomic mass is 9.76. The number of hydrogen-bond donors (Lipinski definition) is 1. The fourth-order valence-corrected chi connectivity index (χ4v) is 2.27. The van der Waals surface area contributed by atoms with Gasteiger partial charge in [-0.05, 0) is 13.0 Å². The summed E-state index contributed by atoms with van der Waals surface area (Å²) in [5, 5.41) is 20.2. The fraction of sp³-hybridized carbons (Fsp3) is 0.125. The van der Waals surface area contributed by atoms with Crippen LogP contribution in [-0.4, -0.2) is 16.0 Å². The molecule has 1 unspecified atom stereocenters. The first-order chi connectivity index (χ1) is 9.84. The van der Waals surface area contributed by atoms with Gasteiger partial charge in [0.25, 0.3) is 5.69 Å². The Bertz CT molecular complexity index is 707. The smallest absolute Gasteiger partial charge is 0.336 e. The largest absolute Gasteiger partial charge is 0.478 e. The molecular formula is C16H14NO4+. The second kappa shape index (κ2) is 5.28. The molecular weight excluding hydrogens is 270 g/mol. The summed E-state index contributed by atoms with van der Waals surface area (Å²) in [7, 11) is 0. The van der Waals surface area contributed by atoms with Crippen molar-refractivity contribution in [3.63, 3.8) is 0 Å². The summed E-state index contributed by atoms with van der Waals surface area (Å²) in [5.41, 5.74) is 0.293. The van der Waals surface area contributed by atoms with Crippen LogP contribution in [0.2, 0.25) is 0 Å². The summed E-state index contributed by atoms with van der Waals surface area (Å²) in [5.74, 6) is -1.05. The number of carboxylic acids is 1. The SMILES string of the molecule is [CH2+]C(C)(c1cccc([N+](=O)[O-])c1)c1ccccc1C(=O)O. The van der Waals surface area contributed by atoms with Gasteiger partial charge in [-0.1, -0.05) is 30.3 Å². The van der Waals surface area contributed by atoms with E-state index in [1.165, 1.54) is 18.2 Å². The third-order valence-corrected chi connectivity index (χ3v) is 3.45. The van der Waals surface area contributed by atoms with E-state index in [0.29, 0.717) is 11.1 Å². The summed E-state index contributed by atoms with van der Waals surface area (Å²) in [6.07, 6.45) is 0. The molecule has 2 aromatic rings. The molecule has 0 saturated heterocycles. The van der Waals surface area contributed by atoms with Gasteiger partial charge in [-0.3, -0.25) is 10.1 Å². The first kappa shape index (κ1) is 14.6. The van der Waals surface area contributed by atoms with Crippen LogP contribution in [0, 0.1) is 17.0 Å². The lowest BCUT2D eigenvalue weighted by Crippen LogP contribution is -2.23. The molecule has 0 heterocycles. The van der Waals surface area contributed by atoms with Crippen molar-refractivity contribution in [2.24, 2.45) is 0 Å². The van der Waals surface area contributed by atoms with E-state index in [1.54, 1.807) is 37.3 Å². The molecule has 0 aliphatic heterocycles. The van der Waals surface area contributed by atoms with Gasteiger partial charge in [-0.25, -0.2) is 4.79 Å². The highest BCUT2D eigenvalue weighted by atomic mass is 16.6. The van der Waals surface area contributed by atoms with Crippen LogP contribution in [0.25, 0.3) is 0 Å². The second-order valence-corrected chi connectivity index (χ2v) is 4.99. The van der Waals surface area contributed by atoms with Crippen LogP contribution < -0.4 is 0 Å². The molecule has 21 heavy (non-hydrogen) atoms. The zero-order valence-corrected chi connectivity index (χ0v) is 11.4. The highest BCUT2D eigenvalue weighted by molar-refractivity contribution is 5.90. The van der Waals surface area contributed by atoms with E-state index in [0.717, 1.165) is 0 Å². The Morgan fingerprint density at radius 2 is 1.90 bits per heavy atom. The van der Waals surface area contributed by atoms with E-state index >= 15 is 0 Å². The van der Waals surface area contributed by atoms with Crippen LogP contribution in [0.4, 0.5) is 5.69 Å². The number of nitrogens with zero attached hydrogens (tertiary/aromatic N) is 1. The summed E-state index contributed by atoms with van der Waals surface area (Å²) in [4.78, 5) is 21.7. The lowest BCUT2D eigenvalue weighted by molar-refractivity contribution is -0.384. The van der Waals surface area contributed by atoms with Gasteiger partial charge in [0.1, 0.15) is 0 Å². The third-order valence-electron chi connectivity index (χ3n) is 3.45. The molecule has 2 rings (SSSR count). The van der Waals surface area contributed by atoms with Gasteiger partial charge < -0.3 is 5.11 Å². The number of hydrogen-bond acceptors (Lipinski definition) is 3. The average molecular weight is 284 g/mol. The van der Waals surface area contributed by atoms with Crippen molar-refractivity contribution in [1.29, 1.82) is 0 Å². The first-order valence-electron chi connectivity index (χ1n) is 6.27. The Labute approximate surface area is 122 Å². The number of aromatic carboxylic acids is 1. The van der Waals surface area contributed by atoms with Crippen molar-refractivity contribution in [2.45, 2.75) is 12.3 Å². The Balaban J connectivity index is 2.59. The van der Waals surface area contributed by atoms with Gasteiger partial charge in [0.05, 0.1) is 17.4 Å².